The van der Waals surface area contributed by atoms with Crippen LogP contribution in [-0.4, -0.2) is 45.5 Å². The molecule has 2 aromatic heterocycles. The van der Waals surface area contributed by atoms with Crippen LogP contribution in [0.2, 0.25) is 0 Å². The average Bonchev–Trinajstić information content (AvgIpc) is 3.35. The monoisotopic (exact) mass is 383 g/mol. The van der Waals surface area contributed by atoms with E-state index in [1.165, 1.54) is 5.57 Å². The summed E-state index contributed by atoms with van der Waals surface area (Å²) in [5, 5.41) is 6.13. The van der Waals surface area contributed by atoms with Gasteiger partial charge in [0.1, 0.15) is 5.76 Å². The van der Waals surface area contributed by atoms with Gasteiger partial charge >= 0.3 is 6.03 Å². The van der Waals surface area contributed by atoms with Gasteiger partial charge in [0, 0.05) is 25.6 Å². The Morgan fingerprint density at radius 2 is 2.25 bits per heavy atom. The number of aryl methyl sites for hydroxylation is 1. The lowest BCUT2D eigenvalue weighted by atomic mass is 9.95. The van der Waals surface area contributed by atoms with E-state index < -0.39 is 0 Å². The molecule has 28 heavy (non-hydrogen) atoms. The minimum absolute atomic E-state index is 0.00617. The Kier molecular flexibility index (Phi) is 4.93. The number of aromatic nitrogens is 2. The number of carbonyl (C=O) groups excluding carboxylic acids is 2. The summed E-state index contributed by atoms with van der Waals surface area (Å²) in [6, 6.07) is 3.20. The van der Waals surface area contributed by atoms with E-state index in [4.69, 9.17) is 4.42 Å². The van der Waals surface area contributed by atoms with E-state index in [0.717, 1.165) is 23.4 Å². The molecule has 148 valence electrons. The van der Waals surface area contributed by atoms with Crippen molar-refractivity contribution in [2.45, 2.75) is 38.3 Å². The number of imidazole rings is 1. The maximum Gasteiger partial charge on any atom is 0.318 e. The number of furan rings is 1. The van der Waals surface area contributed by atoms with Gasteiger partial charge in [-0.2, -0.15) is 0 Å². The predicted octanol–water partition coefficient (Wildman–Crippen LogP) is 2.22. The molecule has 4 rings (SSSR count). The summed E-state index contributed by atoms with van der Waals surface area (Å²) >= 11 is 0. The lowest BCUT2D eigenvalue weighted by molar-refractivity contribution is -0.123. The fourth-order valence-corrected chi connectivity index (χ4v) is 3.92. The van der Waals surface area contributed by atoms with Crippen LogP contribution in [0.3, 0.4) is 0 Å². The van der Waals surface area contributed by atoms with E-state index in [1.54, 1.807) is 18.8 Å². The Morgan fingerprint density at radius 1 is 1.39 bits per heavy atom. The number of nitrogens with one attached hydrogen (secondary N) is 2. The Hall–Kier alpha value is -3.03. The molecule has 2 aromatic rings. The third-order valence-electron chi connectivity index (χ3n) is 5.61. The number of rotatable bonds is 3. The van der Waals surface area contributed by atoms with Gasteiger partial charge in [-0.05, 0) is 31.9 Å². The predicted molar refractivity (Wildman–Crippen MR) is 103 cm³/mol. The third-order valence-corrected chi connectivity index (χ3v) is 5.61. The number of amides is 3. The van der Waals surface area contributed by atoms with Crippen LogP contribution in [0.4, 0.5) is 4.79 Å². The molecule has 1 saturated heterocycles. The summed E-state index contributed by atoms with van der Waals surface area (Å²) in [6.45, 7) is 3.26. The highest BCUT2D eigenvalue weighted by Gasteiger charge is 2.34. The van der Waals surface area contributed by atoms with Gasteiger partial charge in [0.25, 0.3) is 0 Å². The topological polar surface area (TPSA) is 92.4 Å². The Labute approximate surface area is 163 Å². The van der Waals surface area contributed by atoms with Gasteiger partial charge in [0.15, 0.2) is 0 Å². The molecule has 0 radical (unpaired) electrons. The van der Waals surface area contributed by atoms with Crippen LogP contribution in [0.15, 0.2) is 40.9 Å². The maximum absolute atomic E-state index is 13.0. The second-order valence-corrected chi connectivity index (χ2v) is 7.48. The van der Waals surface area contributed by atoms with Gasteiger partial charge in [-0.1, -0.05) is 5.57 Å². The van der Waals surface area contributed by atoms with Crippen molar-refractivity contribution in [2.24, 2.45) is 7.05 Å². The van der Waals surface area contributed by atoms with Crippen molar-refractivity contribution >= 4 is 17.5 Å². The zero-order chi connectivity index (χ0) is 19.7. The van der Waals surface area contributed by atoms with Gasteiger partial charge in [0.2, 0.25) is 5.91 Å². The average molecular weight is 383 g/mol. The first-order valence-electron chi connectivity index (χ1n) is 9.56. The number of hydrogen-bond acceptors (Lipinski definition) is 4. The molecule has 0 bridgehead atoms. The number of urea groups is 1. The summed E-state index contributed by atoms with van der Waals surface area (Å²) in [5.41, 5.74) is 3.19. The lowest BCUT2D eigenvalue weighted by Crippen LogP contribution is -2.54. The molecule has 0 saturated carbocycles. The van der Waals surface area contributed by atoms with E-state index in [9.17, 15) is 9.59 Å². The van der Waals surface area contributed by atoms with Crippen molar-refractivity contribution in [2.75, 3.05) is 13.1 Å². The van der Waals surface area contributed by atoms with Crippen molar-refractivity contribution < 1.29 is 14.0 Å². The zero-order valence-electron chi connectivity index (χ0n) is 16.1. The van der Waals surface area contributed by atoms with Crippen LogP contribution < -0.4 is 10.6 Å². The maximum atomic E-state index is 13.0. The molecule has 0 spiro atoms. The number of piperidine rings is 1. The lowest BCUT2D eigenvalue weighted by Gasteiger charge is -2.36. The van der Waals surface area contributed by atoms with Gasteiger partial charge in [-0.15, -0.1) is 0 Å². The summed E-state index contributed by atoms with van der Waals surface area (Å²) < 4.78 is 7.41. The molecule has 8 nitrogen and oxygen atoms in total. The first-order valence-corrected chi connectivity index (χ1v) is 9.56. The van der Waals surface area contributed by atoms with Crippen molar-refractivity contribution in [3.63, 3.8) is 0 Å². The van der Waals surface area contributed by atoms with Gasteiger partial charge < -0.3 is 24.5 Å². The number of nitrogens with zero attached hydrogens (tertiary/aromatic N) is 3. The van der Waals surface area contributed by atoms with Crippen LogP contribution in [-0.2, 0) is 11.8 Å². The Bertz CT molecular complexity index is 899. The Morgan fingerprint density at radius 3 is 2.96 bits per heavy atom. The van der Waals surface area contributed by atoms with Crippen molar-refractivity contribution in [3.05, 3.63) is 47.9 Å². The first-order chi connectivity index (χ1) is 13.5. The molecular weight excluding hydrogens is 358 g/mol. The molecule has 2 N–H and O–H groups in total. The second kappa shape index (κ2) is 7.53. The van der Waals surface area contributed by atoms with Gasteiger partial charge in [0.05, 0.1) is 43.1 Å². The second-order valence-electron chi connectivity index (χ2n) is 7.48. The van der Waals surface area contributed by atoms with Crippen LogP contribution in [0.25, 0.3) is 5.57 Å². The normalized spacial score (nSPS) is 22.9. The van der Waals surface area contributed by atoms with E-state index in [2.05, 4.69) is 22.5 Å². The number of hydrogen-bond donors (Lipinski definition) is 2. The van der Waals surface area contributed by atoms with E-state index in [0.29, 0.717) is 25.9 Å². The molecule has 2 aliphatic rings. The highest BCUT2D eigenvalue weighted by atomic mass is 16.3. The highest BCUT2D eigenvalue weighted by molar-refractivity contribution is 5.81. The number of carbonyl (C=O) groups is 2. The van der Waals surface area contributed by atoms with Gasteiger partial charge in [-0.25, -0.2) is 9.78 Å². The van der Waals surface area contributed by atoms with Gasteiger partial charge in [-0.3, -0.25) is 4.79 Å². The van der Waals surface area contributed by atoms with Crippen molar-refractivity contribution in [1.29, 1.82) is 0 Å². The molecule has 3 amide bonds. The van der Waals surface area contributed by atoms with Crippen LogP contribution in [0, 0.1) is 0 Å². The fraction of sp³-hybridized carbons (Fsp3) is 0.450. The van der Waals surface area contributed by atoms with E-state index in [1.807, 2.05) is 28.6 Å². The molecule has 8 heteroatoms. The zero-order valence-corrected chi connectivity index (χ0v) is 16.1. The fourth-order valence-electron chi connectivity index (χ4n) is 3.92. The van der Waals surface area contributed by atoms with E-state index in [-0.39, 0.29) is 24.0 Å². The van der Waals surface area contributed by atoms with Crippen molar-refractivity contribution in [3.8, 4) is 0 Å². The van der Waals surface area contributed by atoms with Crippen LogP contribution in [0.1, 0.15) is 43.7 Å². The molecule has 2 aliphatic heterocycles. The van der Waals surface area contributed by atoms with Crippen LogP contribution in [0.5, 0.6) is 0 Å². The summed E-state index contributed by atoms with van der Waals surface area (Å²) in [4.78, 5) is 30.9. The molecular formula is C20H25N5O3. The van der Waals surface area contributed by atoms with Crippen LogP contribution >= 0.6 is 0 Å². The third kappa shape index (κ3) is 3.54. The highest BCUT2D eigenvalue weighted by Crippen LogP contribution is 2.28. The summed E-state index contributed by atoms with van der Waals surface area (Å²) in [5.74, 6) is 0.807. The minimum atomic E-state index is -0.288. The summed E-state index contributed by atoms with van der Waals surface area (Å²) in [6.07, 6.45) is 6.89. The molecule has 4 heterocycles. The standard InChI is InChI=1S/C20H25N5O3/c1-13-7-8-25(11-14(13)17-4-3-9-28-17)20(27)22-15-5-6-18(26)23-19(15)16-10-21-12-24(16)2/h3-4,9-10,12,15,19H,5-8,11H2,1-2H3,(H,22,27)(H,23,26)/t15-,19-/m1/s1. The van der Waals surface area contributed by atoms with Crippen molar-refractivity contribution in [1.82, 2.24) is 25.1 Å². The molecule has 0 aliphatic carbocycles. The molecule has 0 aromatic carbocycles. The SMILES string of the molecule is CC1=C(c2ccco2)CN(C(=O)N[C@@H]2CCC(=O)N[C@H]2c2cncn2C)CC1. The van der Waals surface area contributed by atoms with E-state index >= 15 is 0 Å². The first kappa shape index (κ1) is 18.3. The molecule has 1 fully saturated rings. The quantitative estimate of drug-likeness (QED) is 0.850. The molecule has 2 atom stereocenters. The summed E-state index contributed by atoms with van der Waals surface area (Å²) in [7, 11) is 1.88. The molecule has 0 unspecified atom stereocenters. The minimum Gasteiger partial charge on any atom is -0.465 e. The smallest absolute Gasteiger partial charge is 0.318 e. The largest absolute Gasteiger partial charge is 0.465 e. The Balaban J connectivity index is 1.48.